The lowest BCUT2D eigenvalue weighted by Gasteiger charge is -2.00. The highest BCUT2D eigenvalue weighted by Gasteiger charge is 2.07. The number of aryl methyl sites for hydroxylation is 1. The summed E-state index contributed by atoms with van der Waals surface area (Å²) in [4.78, 5) is 14.4. The zero-order chi connectivity index (χ0) is 10.4. The number of benzene rings is 1. The van der Waals surface area contributed by atoms with E-state index in [2.05, 4.69) is 10.1 Å². The third kappa shape index (κ3) is 1.01. The van der Waals surface area contributed by atoms with Crippen molar-refractivity contribution in [3.8, 4) is 0 Å². The van der Waals surface area contributed by atoms with Crippen molar-refractivity contribution in [1.82, 2.24) is 14.6 Å². The quantitative estimate of drug-likeness (QED) is 0.596. The fourth-order valence-electron chi connectivity index (χ4n) is 1.88. The van der Waals surface area contributed by atoms with Gasteiger partial charge in [0, 0.05) is 5.39 Å². The Bertz CT molecular complexity index is 708. The predicted molar refractivity (Wildman–Crippen MR) is 58.1 cm³/mol. The molecule has 3 aromatic rings. The van der Waals surface area contributed by atoms with Crippen LogP contribution in [0.25, 0.3) is 16.4 Å². The van der Waals surface area contributed by atoms with Crippen LogP contribution in [0.5, 0.6) is 0 Å². The Morgan fingerprint density at radius 3 is 3.00 bits per heavy atom. The van der Waals surface area contributed by atoms with Gasteiger partial charge in [0.2, 0.25) is 0 Å². The molecule has 0 aliphatic heterocycles. The van der Waals surface area contributed by atoms with Crippen LogP contribution in [0.4, 0.5) is 0 Å². The van der Waals surface area contributed by atoms with E-state index in [1.54, 1.807) is 6.20 Å². The van der Waals surface area contributed by atoms with Crippen LogP contribution in [0.3, 0.4) is 0 Å². The molecule has 0 fully saturated rings. The molecule has 1 N–H and O–H groups in total. The van der Waals surface area contributed by atoms with Gasteiger partial charge in [0.25, 0.3) is 0 Å². The van der Waals surface area contributed by atoms with Crippen molar-refractivity contribution >= 4 is 16.4 Å². The van der Waals surface area contributed by atoms with Gasteiger partial charge in [-0.25, -0.2) is 4.79 Å². The summed E-state index contributed by atoms with van der Waals surface area (Å²) >= 11 is 0. The molecule has 4 heteroatoms. The summed E-state index contributed by atoms with van der Waals surface area (Å²) in [6, 6.07) is 7.73. The van der Waals surface area contributed by atoms with Crippen molar-refractivity contribution in [2.75, 3.05) is 0 Å². The normalized spacial score (nSPS) is 11.3. The second-order valence-electron chi connectivity index (χ2n) is 3.56. The summed E-state index contributed by atoms with van der Waals surface area (Å²) < 4.78 is 1.40. The first kappa shape index (κ1) is 8.23. The zero-order valence-electron chi connectivity index (χ0n) is 8.19. The molecule has 0 unspecified atom stereocenters. The van der Waals surface area contributed by atoms with E-state index in [1.807, 2.05) is 31.2 Å². The Balaban J connectivity index is 2.74. The fraction of sp³-hybridized carbons (Fsp3) is 0.0909. The molecule has 0 saturated heterocycles. The predicted octanol–water partition coefficient (Wildman–Crippen LogP) is 1.48. The van der Waals surface area contributed by atoms with Gasteiger partial charge < -0.3 is 4.98 Å². The summed E-state index contributed by atoms with van der Waals surface area (Å²) in [6.45, 7) is 1.95. The highest BCUT2D eigenvalue weighted by atomic mass is 16.1. The van der Waals surface area contributed by atoms with Crippen molar-refractivity contribution in [2.45, 2.75) is 6.92 Å². The second-order valence-corrected chi connectivity index (χ2v) is 3.56. The fourth-order valence-corrected chi connectivity index (χ4v) is 1.88. The van der Waals surface area contributed by atoms with Crippen molar-refractivity contribution in [3.63, 3.8) is 0 Å². The van der Waals surface area contributed by atoms with Crippen LogP contribution in [0.15, 0.2) is 35.3 Å². The molecule has 2 heterocycles. The minimum atomic E-state index is -0.197. The second kappa shape index (κ2) is 2.70. The van der Waals surface area contributed by atoms with E-state index in [0.717, 1.165) is 22.0 Å². The minimum Gasteiger partial charge on any atom is -0.305 e. The Labute approximate surface area is 85.2 Å². The highest BCUT2D eigenvalue weighted by Crippen LogP contribution is 2.18. The van der Waals surface area contributed by atoms with E-state index in [0.29, 0.717) is 0 Å². The molecule has 15 heavy (non-hydrogen) atoms. The summed E-state index contributed by atoms with van der Waals surface area (Å²) in [5.74, 6) is 0. The van der Waals surface area contributed by atoms with E-state index in [4.69, 9.17) is 0 Å². The molecule has 0 radical (unpaired) electrons. The Morgan fingerprint density at radius 2 is 2.13 bits per heavy atom. The summed E-state index contributed by atoms with van der Waals surface area (Å²) in [6.07, 6.45) is 1.71. The number of hydrogen-bond donors (Lipinski definition) is 1. The van der Waals surface area contributed by atoms with Crippen LogP contribution >= 0.6 is 0 Å². The summed E-state index contributed by atoms with van der Waals surface area (Å²) in [5.41, 5.74) is 2.54. The maximum Gasteiger partial charge on any atom is 0.347 e. The van der Waals surface area contributed by atoms with E-state index in [-0.39, 0.29) is 5.69 Å². The van der Waals surface area contributed by atoms with E-state index >= 15 is 0 Å². The molecule has 74 valence electrons. The molecule has 0 atom stereocenters. The van der Waals surface area contributed by atoms with Crippen LogP contribution in [0, 0.1) is 6.92 Å². The van der Waals surface area contributed by atoms with Crippen LogP contribution in [-0.4, -0.2) is 14.6 Å². The maximum absolute atomic E-state index is 11.7. The monoisotopic (exact) mass is 199 g/mol. The molecule has 0 spiro atoms. The minimum absolute atomic E-state index is 0.197. The Morgan fingerprint density at radius 1 is 1.33 bits per heavy atom. The van der Waals surface area contributed by atoms with Gasteiger partial charge in [-0.05, 0) is 18.6 Å². The molecule has 2 aromatic heterocycles. The van der Waals surface area contributed by atoms with E-state index in [9.17, 15) is 4.79 Å². The van der Waals surface area contributed by atoms with Crippen LogP contribution < -0.4 is 5.69 Å². The smallest absolute Gasteiger partial charge is 0.305 e. The summed E-state index contributed by atoms with van der Waals surface area (Å²) in [7, 11) is 0. The van der Waals surface area contributed by atoms with Crippen molar-refractivity contribution in [1.29, 1.82) is 0 Å². The molecule has 0 aliphatic carbocycles. The molecule has 1 aromatic carbocycles. The number of fused-ring (bicyclic) bond motifs is 3. The third-order valence-corrected chi connectivity index (χ3v) is 2.57. The van der Waals surface area contributed by atoms with Gasteiger partial charge in [0.1, 0.15) is 0 Å². The van der Waals surface area contributed by atoms with Crippen molar-refractivity contribution < 1.29 is 0 Å². The Hall–Kier alpha value is -2.10. The van der Waals surface area contributed by atoms with E-state index < -0.39 is 0 Å². The maximum atomic E-state index is 11.7. The molecule has 3 rings (SSSR count). The molecule has 0 bridgehead atoms. The number of hydrogen-bond acceptors (Lipinski definition) is 2. The van der Waals surface area contributed by atoms with Gasteiger partial charge in [0.15, 0.2) is 0 Å². The van der Waals surface area contributed by atoms with Crippen LogP contribution in [0.1, 0.15) is 5.56 Å². The first-order valence-electron chi connectivity index (χ1n) is 4.73. The van der Waals surface area contributed by atoms with E-state index in [1.165, 1.54) is 4.52 Å². The number of para-hydroxylation sites is 1. The lowest BCUT2D eigenvalue weighted by Crippen LogP contribution is -2.17. The largest absolute Gasteiger partial charge is 0.347 e. The first-order valence-corrected chi connectivity index (χ1v) is 4.73. The van der Waals surface area contributed by atoms with Crippen LogP contribution in [-0.2, 0) is 0 Å². The number of nitrogens with zero attached hydrogens (tertiary/aromatic N) is 2. The number of H-pyrrole nitrogens is 1. The number of aromatic nitrogens is 3. The molecule has 0 saturated carbocycles. The third-order valence-electron chi connectivity index (χ3n) is 2.57. The van der Waals surface area contributed by atoms with Crippen molar-refractivity contribution in [3.05, 3.63) is 46.5 Å². The highest BCUT2D eigenvalue weighted by molar-refractivity contribution is 5.94. The van der Waals surface area contributed by atoms with Crippen LogP contribution in [0.2, 0.25) is 0 Å². The molecule has 4 nitrogen and oxygen atoms in total. The molecular formula is C11H9N3O. The van der Waals surface area contributed by atoms with Gasteiger partial charge >= 0.3 is 5.69 Å². The Kier molecular flexibility index (Phi) is 1.48. The van der Waals surface area contributed by atoms with Gasteiger partial charge in [-0.1, -0.05) is 18.2 Å². The lowest BCUT2D eigenvalue weighted by molar-refractivity contribution is 0.881. The number of rotatable bonds is 0. The zero-order valence-corrected chi connectivity index (χ0v) is 8.19. The van der Waals surface area contributed by atoms with Gasteiger partial charge in [0.05, 0.1) is 17.2 Å². The average Bonchev–Trinajstić information content (AvgIpc) is 2.62. The number of aromatic amines is 1. The standard InChI is InChI=1S/C11H9N3O/c1-7-6-12-14-10(7)8-4-2-3-5-9(8)13-11(14)15/h2-6H,1H3,(H,13,15). The van der Waals surface area contributed by atoms with Crippen molar-refractivity contribution in [2.24, 2.45) is 0 Å². The van der Waals surface area contributed by atoms with Gasteiger partial charge in [-0.3, -0.25) is 0 Å². The SMILES string of the molecule is Cc1cnn2c(=O)[nH]c3ccccc3c12. The van der Waals surface area contributed by atoms with Gasteiger partial charge in [-0.15, -0.1) is 0 Å². The summed E-state index contributed by atoms with van der Waals surface area (Å²) in [5, 5.41) is 5.06. The molecule has 0 amide bonds. The lowest BCUT2D eigenvalue weighted by atomic mass is 10.2. The topological polar surface area (TPSA) is 50.2 Å². The number of nitrogens with one attached hydrogen (secondary N) is 1. The molecule has 0 aliphatic rings. The average molecular weight is 199 g/mol. The molecular weight excluding hydrogens is 190 g/mol. The van der Waals surface area contributed by atoms with Gasteiger partial charge in [-0.2, -0.15) is 9.61 Å². The first-order chi connectivity index (χ1) is 7.27.